The minimum absolute atomic E-state index is 0.774. The van der Waals surface area contributed by atoms with Crippen LogP contribution in [0.3, 0.4) is 0 Å². The third kappa shape index (κ3) is 3.80. The average Bonchev–Trinajstić information content (AvgIpc) is 2.12. The van der Waals surface area contributed by atoms with Gasteiger partial charge in [0.25, 0.3) is 0 Å². The van der Waals surface area contributed by atoms with Crippen LogP contribution in [0.2, 0.25) is 0 Å². The summed E-state index contributed by atoms with van der Waals surface area (Å²) in [6, 6.07) is 0. The Balaban J connectivity index is 4.24. The van der Waals surface area contributed by atoms with E-state index < -0.39 is 35.6 Å². The van der Waals surface area contributed by atoms with Crippen LogP contribution in [0, 0.1) is 6.10 Å². The van der Waals surface area contributed by atoms with Crippen LogP contribution < -0.4 is 0 Å². The monoisotopic (exact) mass is 235 g/mol. The average molecular weight is 235 g/mol. The molecule has 0 aliphatic heterocycles. The van der Waals surface area contributed by atoms with Gasteiger partial charge in [0.15, 0.2) is 0 Å². The second-order valence-corrected chi connectivity index (χ2v) is 2.87. The van der Waals surface area contributed by atoms with Crippen molar-refractivity contribution < 1.29 is 46.2 Å². The van der Waals surface area contributed by atoms with E-state index in [1.807, 2.05) is 0 Å². The molecule has 0 aliphatic carbocycles. The summed E-state index contributed by atoms with van der Waals surface area (Å²) in [5.74, 6) is 0. The van der Waals surface area contributed by atoms with Gasteiger partial charge in [-0.1, -0.05) is 0 Å². The molecule has 3 atom stereocenters. The standard InChI is InChI=1S/C6H11O6.Fe/c7-1-3(9)5(11)6(12)4(10)2-8;/h3,5-12H,1H2;/q-1;+1/t3-,5+,6-;/m0./s1. The Morgan fingerprint density at radius 3 is 2.08 bits per heavy atom. The first kappa shape index (κ1) is 13.1. The number of aliphatic hydroxyl groups excluding tert-OH is 6. The van der Waals surface area contributed by atoms with Crippen molar-refractivity contribution in [1.82, 2.24) is 0 Å². The topological polar surface area (TPSA) is 121 Å². The van der Waals surface area contributed by atoms with Crippen molar-refractivity contribution in [2.24, 2.45) is 0 Å². The molecule has 0 saturated heterocycles. The molecule has 0 amide bonds. The van der Waals surface area contributed by atoms with Crippen LogP contribution in [-0.4, -0.2) is 60.2 Å². The number of hydrogen-bond donors (Lipinski definition) is 6. The van der Waals surface area contributed by atoms with Crippen molar-refractivity contribution in [1.29, 1.82) is 0 Å². The van der Waals surface area contributed by atoms with Gasteiger partial charge in [-0.05, 0) is 0 Å². The van der Waals surface area contributed by atoms with Gasteiger partial charge < -0.3 is 0 Å². The normalized spacial score (nSPS) is 18.4. The fourth-order valence-corrected chi connectivity index (χ4v) is 0.762. The predicted molar refractivity (Wildman–Crippen MR) is 37.2 cm³/mol. The summed E-state index contributed by atoms with van der Waals surface area (Å²) in [7, 11) is 0. The van der Waals surface area contributed by atoms with Gasteiger partial charge in [0.1, 0.15) is 0 Å². The predicted octanol–water partition coefficient (Wildman–Crippen LogP) is -2.98. The zero-order valence-corrected chi connectivity index (χ0v) is 7.58. The van der Waals surface area contributed by atoms with Crippen molar-refractivity contribution in [3.63, 3.8) is 0 Å². The van der Waals surface area contributed by atoms with Crippen molar-refractivity contribution in [2.45, 2.75) is 18.3 Å². The van der Waals surface area contributed by atoms with Gasteiger partial charge in [0, 0.05) is 0 Å². The van der Waals surface area contributed by atoms with Crippen molar-refractivity contribution in [3.8, 4) is 0 Å². The molecule has 0 heterocycles. The summed E-state index contributed by atoms with van der Waals surface area (Å²) in [6.07, 6.45) is -6.20. The SMILES string of the molecule is OC[C@H](O)[C@@H](O)[C@@H](O)[C-](O)[C](O)=[Fe+]. The molecular formula is C6H11FeO6. The van der Waals surface area contributed by atoms with Gasteiger partial charge in [-0.2, -0.15) is 0 Å². The molecule has 0 aromatic rings. The molecule has 7 heteroatoms. The Morgan fingerprint density at radius 1 is 1.31 bits per heavy atom. The molecule has 0 fully saturated rings. The van der Waals surface area contributed by atoms with Gasteiger partial charge in [-0.15, -0.1) is 0 Å². The van der Waals surface area contributed by atoms with Crippen LogP contribution in [0.25, 0.3) is 0 Å². The van der Waals surface area contributed by atoms with Crippen molar-refractivity contribution in [3.05, 3.63) is 6.10 Å². The van der Waals surface area contributed by atoms with E-state index in [2.05, 4.69) is 15.6 Å². The summed E-state index contributed by atoms with van der Waals surface area (Å²) < 4.78 is -0.809. The Hall–Kier alpha value is 0.149. The molecular weight excluding hydrogens is 224 g/mol. The van der Waals surface area contributed by atoms with Crippen LogP contribution in [0.15, 0.2) is 0 Å². The molecule has 0 radical (unpaired) electrons. The van der Waals surface area contributed by atoms with E-state index in [9.17, 15) is 0 Å². The van der Waals surface area contributed by atoms with E-state index in [0.717, 1.165) is 0 Å². The van der Waals surface area contributed by atoms with Gasteiger partial charge >= 0.3 is 81.8 Å². The number of aliphatic hydroxyl groups is 6. The molecule has 0 saturated carbocycles. The first-order valence-electron chi connectivity index (χ1n) is 3.33. The van der Waals surface area contributed by atoms with E-state index >= 15 is 0 Å². The molecule has 0 aliphatic rings. The minimum atomic E-state index is -1.88. The van der Waals surface area contributed by atoms with E-state index in [4.69, 9.17) is 30.6 Å². The summed E-state index contributed by atoms with van der Waals surface area (Å²) in [5.41, 5.74) is 0. The van der Waals surface area contributed by atoms with Gasteiger partial charge in [-0.25, -0.2) is 0 Å². The maximum absolute atomic E-state index is 9.03. The Kier molecular flexibility index (Phi) is 5.86. The Labute approximate surface area is 82.4 Å². The first-order valence-corrected chi connectivity index (χ1v) is 3.88. The van der Waals surface area contributed by atoms with Crippen LogP contribution >= 0.6 is 0 Å². The molecule has 0 aromatic carbocycles. The molecule has 0 bridgehead atoms. The molecule has 0 unspecified atom stereocenters. The van der Waals surface area contributed by atoms with E-state index in [-0.39, 0.29) is 0 Å². The van der Waals surface area contributed by atoms with Crippen LogP contribution in [0.4, 0.5) is 0 Å². The van der Waals surface area contributed by atoms with Crippen LogP contribution in [0.5, 0.6) is 0 Å². The second kappa shape index (κ2) is 5.79. The quantitative estimate of drug-likeness (QED) is 0.223. The zero-order chi connectivity index (χ0) is 10.6. The molecule has 6 N–H and O–H groups in total. The third-order valence-corrected chi connectivity index (χ3v) is 1.67. The molecule has 0 aromatic heterocycles. The summed E-state index contributed by atoms with van der Waals surface area (Å²) >= 11 is 2.90. The number of rotatable bonds is 5. The summed E-state index contributed by atoms with van der Waals surface area (Å²) in [4.78, 5) is 0. The molecule has 13 heavy (non-hydrogen) atoms. The molecule has 79 valence electrons. The third-order valence-electron chi connectivity index (χ3n) is 1.39. The Bertz CT molecular complexity index is 175. The van der Waals surface area contributed by atoms with E-state index in [1.54, 1.807) is 0 Å². The molecule has 6 nitrogen and oxygen atoms in total. The molecule has 0 rings (SSSR count). The fraction of sp³-hybridized carbons (Fsp3) is 0.667. The van der Waals surface area contributed by atoms with E-state index in [0.29, 0.717) is 0 Å². The summed E-state index contributed by atoms with van der Waals surface area (Å²) in [6.45, 7) is -0.774. The first-order chi connectivity index (χ1) is 5.91. The molecule has 0 spiro atoms. The second-order valence-electron chi connectivity index (χ2n) is 2.35. The van der Waals surface area contributed by atoms with E-state index in [1.165, 1.54) is 0 Å². The Morgan fingerprint density at radius 2 is 1.77 bits per heavy atom. The van der Waals surface area contributed by atoms with Crippen molar-refractivity contribution >= 4 is 4.60 Å². The maximum atomic E-state index is 9.03. The zero-order valence-electron chi connectivity index (χ0n) is 6.48. The van der Waals surface area contributed by atoms with Crippen molar-refractivity contribution in [2.75, 3.05) is 6.61 Å². The fourth-order valence-electron chi connectivity index (χ4n) is 0.599. The van der Waals surface area contributed by atoms with Gasteiger partial charge in [0.2, 0.25) is 0 Å². The number of hydrogen-bond acceptors (Lipinski definition) is 6. The summed E-state index contributed by atoms with van der Waals surface area (Å²) in [5, 5.41) is 52.7. The van der Waals surface area contributed by atoms with Gasteiger partial charge in [-0.3, -0.25) is 0 Å². The van der Waals surface area contributed by atoms with Crippen LogP contribution in [-0.2, 0) is 15.6 Å². The van der Waals surface area contributed by atoms with Crippen LogP contribution in [0.1, 0.15) is 0 Å². The van der Waals surface area contributed by atoms with Gasteiger partial charge in [0.05, 0.1) is 0 Å².